The zero-order valence-electron chi connectivity index (χ0n) is 13.5. The Kier molecular flexibility index (Phi) is 6.09. The average molecular weight is 416 g/mol. The van der Waals surface area contributed by atoms with E-state index in [0.29, 0.717) is 21.5 Å². The zero-order valence-corrected chi connectivity index (χ0v) is 15.9. The fourth-order valence-electron chi connectivity index (χ4n) is 2.09. The lowest BCUT2D eigenvalue weighted by Gasteiger charge is -2.12. The molecule has 1 N–H and O–H groups in total. The maximum atomic E-state index is 12.6. The normalized spacial score (nSPS) is 11.2. The second-order valence-corrected chi connectivity index (χ2v) is 7.49. The summed E-state index contributed by atoms with van der Waals surface area (Å²) < 4.78 is 43.8. The number of methoxy groups -OCH3 is 3. The maximum absolute atomic E-state index is 12.6. The molecule has 0 atom stereocenters. The van der Waals surface area contributed by atoms with Gasteiger partial charge in [0.1, 0.15) is 22.1 Å². The van der Waals surface area contributed by atoms with E-state index in [-0.39, 0.29) is 17.2 Å². The molecule has 6 nitrogen and oxygen atoms in total. The van der Waals surface area contributed by atoms with Gasteiger partial charge in [-0.2, -0.15) is 0 Å². The quantitative estimate of drug-likeness (QED) is 0.752. The minimum absolute atomic E-state index is 0.0641. The molecule has 8 heteroatoms. The second kappa shape index (κ2) is 7.87. The molecule has 0 fully saturated rings. The third kappa shape index (κ3) is 4.40. The highest BCUT2D eigenvalue weighted by atomic mass is 79.9. The lowest BCUT2D eigenvalue weighted by Crippen LogP contribution is -2.23. The van der Waals surface area contributed by atoms with Crippen molar-refractivity contribution in [1.82, 2.24) is 4.72 Å². The number of hydrogen-bond acceptors (Lipinski definition) is 5. The molecule has 0 aliphatic heterocycles. The van der Waals surface area contributed by atoms with Crippen LogP contribution in [0.15, 0.2) is 45.8 Å². The van der Waals surface area contributed by atoms with Crippen molar-refractivity contribution in [2.75, 3.05) is 21.3 Å². The Morgan fingerprint density at radius 1 is 0.958 bits per heavy atom. The van der Waals surface area contributed by atoms with Gasteiger partial charge in [0.2, 0.25) is 10.0 Å². The van der Waals surface area contributed by atoms with Gasteiger partial charge >= 0.3 is 0 Å². The lowest BCUT2D eigenvalue weighted by atomic mass is 10.2. The molecule has 24 heavy (non-hydrogen) atoms. The minimum atomic E-state index is -3.75. The van der Waals surface area contributed by atoms with Gasteiger partial charge in [-0.15, -0.1) is 0 Å². The van der Waals surface area contributed by atoms with Crippen LogP contribution in [0, 0.1) is 0 Å². The molecule has 2 aromatic carbocycles. The molecule has 0 unspecified atom stereocenters. The molecule has 0 aliphatic rings. The summed E-state index contributed by atoms with van der Waals surface area (Å²) in [4.78, 5) is 0.0641. The summed E-state index contributed by atoms with van der Waals surface area (Å²) in [6.07, 6.45) is 0. The summed E-state index contributed by atoms with van der Waals surface area (Å²) in [5.41, 5.74) is 0.712. The van der Waals surface area contributed by atoms with Crippen LogP contribution in [0.25, 0.3) is 0 Å². The molecule has 0 spiro atoms. The van der Waals surface area contributed by atoms with Crippen molar-refractivity contribution in [3.05, 3.63) is 46.4 Å². The van der Waals surface area contributed by atoms with Crippen LogP contribution in [0.3, 0.4) is 0 Å². The second-order valence-electron chi connectivity index (χ2n) is 4.84. The third-order valence-electron chi connectivity index (χ3n) is 3.29. The maximum Gasteiger partial charge on any atom is 0.244 e. The molecule has 130 valence electrons. The standard InChI is InChI=1S/C16H18BrNO5S/c1-21-13-6-11(7-14(9-13)22-2)10-18-24(19,20)16-8-12(17)4-5-15(16)23-3/h4-9,18H,10H2,1-3H3. The number of nitrogens with one attached hydrogen (secondary N) is 1. The molecule has 0 amide bonds. The van der Waals surface area contributed by atoms with Gasteiger partial charge in [0.05, 0.1) is 21.3 Å². The van der Waals surface area contributed by atoms with Crippen molar-refractivity contribution in [3.63, 3.8) is 0 Å². The molecule has 0 bridgehead atoms. The van der Waals surface area contributed by atoms with Gasteiger partial charge in [-0.1, -0.05) is 15.9 Å². The van der Waals surface area contributed by atoms with Crippen LogP contribution in [0.5, 0.6) is 17.2 Å². The number of ether oxygens (including phenoxy) is 3. The molecule has 0 saturated heterocycles. The van der Waals surface area contributed by atoms with Crippen LogP contribution < -0.4 is 18.9 Å². The fourth-order valence-corrected chi connectivity index (χ4v) is 3.81. The first-order chi connectivity index (χ1) is 11.4. The van der Waals surface area contributed by atoms with Crippen molar-refractivity contribution in [3.8, 4) is 17.2 Å². The van der Waals surface area contributed by atoms with Crippen LogP contribution >= 0.6 is 15.9 Å². The zero-order chi connectivity index (χ0) is 17.7. The molecular formula is C16H18BrNO5S. The highest BCUT2D eigenvalue weighted by molar-refractivity contribution is 9.10. The molecule has 0 saturated carbocycles. The molecular weight excluding hydrogens is 398 g/mol. The number of rotatable bonds is 7. The Bertz CT molecular complexity index is 801. The Morgan fingerprint density at radius 3 is 2.12 bits per heavy atom. The fraction of sp³-hybridized carbons (Fsp3) is 0.250. The van der Waals surface area contributed by atoms with E-state index in [1.807, 2.05) is 0 Å². The average Bonchev–Trinajstić information content (AvgIpc) is 2.59. The molecule has 0 aromatic heterocycles. The Balaban J connectivity index is 2.26. The summed E-state index contributed by atoms with van der Waals surface area (Å²) in [6.45, 7) is 0.0889. The largest absolute Gasteiger partial charge is 0.497 e. The number of hydrogen-bond donors (Lipinski definition) is 1. The first kappa shape index (κ1) is 18.6. The van der Waals surface area contributed by atoms with Crippen LogP contribution in [-0.2, 0) is 16.6 Å². The Labute approximate surface area is 149 Å². The van der Waals surface area contributed by atoms with Crippen molar-refractivity contribution < 1.29 is 22.6 Å². The minimum Gasteiger partial charge on any atom is -0.497 e. The molecule has 2 rings (SSSR count). The van der Waals surface area contributed by atoms with Gasteiger partial charge in [0.15, 0.2) is 0 Å². The van der Waals surface area contributed by atoms with Gasteiger partial charge in [-0.25, -0.2) is 13.1 Å². The van der Waals surface area contributed by atoms with E-state index >= 15 is 0 Å². The van der Waals surface area contributed by atoms with Crippen molar-refractivity contribution in [2.45, 2.75) is 11.4 Å². The molecule has 0 radical (unpaired) electrons. The number of sulfonamides is 1. The summed E-state index contributed by atoms with van der Waals surface area (Å²) >= 11 is 3.27. The number of benzene rings is 2. The van der Waals surface area contributed by atoms with E-state index in [0.717, 1.165) is 0 Å². The van der Waals surface area contributed by atoms with Crippen LogP contribution in [0.4, 0.5) is 0 Å². The van der Waals surface area contributed by atoms with E-state index in [2.05, 4.69) is 20.7 Å². The van der Waals surface area contributed by atoms with Crippen molar-refractivity contribution in [2.24, 2.45) is 0 Å². The first-order valence-electron chi connectivity index (χ1n) is 6.94. The SMILES string of the molecule is COc1cc(CNS(=O)(=O)c2cc(Br)ccc2OC)cc(OC)c1. The Morgan fingerprint density at radius 2 is 1.58 bits per heavy atom. The summed E-state index contributed by atoms with van der Waals surface area (Å²) in [7, 11) is 0.750. The molecule has 2 aromatic rings. The van der Waals surface area contributed by atoms with Gasteiger partial charge in [-0.05, 0) is 35.9 Å². The predicted molar refractivity (Wildman–Crippen MR) is 94.3 cm³/mol. The molecule has 0 aliphatic carbocycles. The topological polar surface area (TPSA) is 73.9 Å². The van der Waals surface area contributed by atoms with E-state index in [4.69, 9.17) is 14.2 Å². The lowest BCUT2D eigenvalue weighted by molar-refractivity contribution is 0.393. The smallest absolute Gasteiger partial charge is 0.244 e. The Hall–Kier alpha value is -1.77. The van der Waals surface area contributed by atoms with Crippen LogP contribution in [-0.4, -0.2) is 29.7 Å². The predicted octanol–water partition coefficient (Wildman–Crippen LogP) is 2.95. The number of halogens is 1. The van der Waals surface area contributed by atoms with E-state index in [9.17, 15) is 8.42 Å². The van der Waals surface area contributed by atoms with Gasteiger partial charge in [0.25, 0.3) is 0 Å². The van der Waals surface area contributed by atoms with Crippen molar-refractivity contribution >= 4 is 26.0 Å². The van der Waals surface area contributed by atoms with Crippen LogP contribution in [0.1, 0.15) is 5.56 Å². The summed E-state index contributed by atoms with van der Waals surface area (Å²) in [5, 5.41) is 0. The first-order valence-corrected chi connectivity index (χ1v) is 9.22. The highest BCUT2D eigenvalue weighted by Crippen LogP contribution is 2.28. The van der Waals surface area contributed by atoms with Gasteiger partial charge in [-0.3, -0.25) is 0 Å². The van der Waals surface area contributed by atoms with E-state index in [1.165, 1.54) is 27.4 Å². The van der Waals surface area contributed by atoms with Crippen LogP contribution in [0.2, 0.25) is 0 Å². The van der Waals surface area contributed by atoms with Gasteiger partial charge < -0.3 is 14.2 Å². The van der Waals surface area contributed by atoms with Gasteiger partial charge in [0, 0.05) is 17.1 Å². The third-order valence-corrected chi connectivity index (χ3v) is 5.21. The molecule has 0 heterocycles. The summed E-state index contributed by atoms with van der Waals surface area (Å²) in [6, 6.07) is 9.99. The van der Waals surface area contributed by atoms with E-state index in [1.54, 1.807) is 30.3 Å². The monoisotopic (exact) mass is 415 g/mol. The highest BCUT2D eigenvalue weighted by Gasteiger charge is 2.20. The van der Waals surface area contributed by atoms with Crippen molar-refractivity contribution in [1.29, 1.82) is 0 Å². The van der Waals surface area contributed by atoms with E-state index < -0.39 is 10.0 Å². The summed E-state index contributed by atoms with van der Waals surface area (Å²) in [5.74, 6) is 1.45.